The number of nitrogens with zero attached hydrogens (tertiary/aromatic N) is 5. The molecule has 1 aliphatic rings. The summed E-state index contributed by atoms with van der Waals surface area (Å²) in [6, 6.07) is 7.00. The quantitative estimate of drug-likeness (QED) is 0.471. The summed E-state index contributed by atoms with van der Waals surface area (Å²) < 4.78 is 45.7. The molecular formula is C23H24ClF3N6O2. The van der Waals surface area contributed by atoms with Crippen molar-refractivity contribution in [2.45, 2.75) is 45.5 Å². The summed E-state index contributed by atoms with van der Waals surface area (Å²) in [4.78, 5) is 26.2. The predicted octanol–water partition coefficient (Wildman–Crippen LogP) is 5.46. The molecule has 35 heavy (non-hydrogen) atoms. The maximum Gasteiger partial charge on any atom is 0.434 e. The number of fused-ring (bicyclic) bond motifs is 1. The van der Waals surface area contributed by atoms with Gasteiger partial charge in [0.2, 0.25) is 5.28 Å². The number of rotatable bonds is 4. The van der Waals surface area contributed by atoms with Crippen molar-refractivity contribution in [1.29, 1.82) is 0 Å². The first-order chi connectivity index (χ1) is 16.3. The Bertz CT molecular complexity index is 1250. The molecule has 0 fully saturated rings. The Balaban J connectivity index is 1.49. The van der Waals surface area contributed by atoms with Gasteiger partial charge in [0.25, 0.3) is 0 Å². The lowest BCUT2D eigenvalue weighted by atomic mass is 10.1. The van der Waals surface area contributed by atoms with Crippen LogP contribution in [0.4, 0.5) is 29.6 Å². The maximum atomic E-state index is 13.0. The van der Waals surface area contributed by atoms with Crippen LogP contribution in [0, 0.1) is 0 Å². The largest absolute Gasteiger partial charge is 0.443 e. The molecule has 1 aliphatic heterocycles. The third-order valence-corrected chi connectivity index (χ3v) is 5.42. The molecule has 0 saturated heterocycles. The standard InChI is InChI=1S/C23H24ClF3N6O2/c1-22(2,3)35-21(34)33-10-9-15-17(30-20(24)31-19(15)33)28-11-13-5-7-14(8-6-13)18-29-16(12-32(18)4)23(25,26)27/h5-8,12H,9-11H2,1-4H3,(H,28,30,31). The first kappa shape index (κ1) is 24.8. The summed E-state index contributed by atoms with van der Waals surface area (Å²) >= 11 is 6.12. The van der Waals surface area contributed by atoms with Crippen LogP contribution in [0.15, 0.2) is 30.5 Å². The molecule has 8 nitrogen and oxygen atoms in total. The van der Waals surface area contributed by atoms with Crippen LogP contribution in [0.2, 0.25) is 5.28 Å². The molecular weight excluding hydrogens is 485 g/mol. The first-order valence-electron chi connectivity index (χ1n) is 10.8. The molecule has 186 valence electrons. The fourth-order valence-corrected chi connectivity index (χ4v) is 3.86. The van der Waals surface area contributed by atoms with E-state index in [1.54, 1.807) is 45.0 Å². The van der Waals surface area contributed by atoms with Crippen molar-refractivity contribution in [3.8, 4) is 11.4 Å². The number of amides is 1. The summed E-state index contributed by atoms with van der Waals surface area (Å²) in [7, 11) is 1.52. The number of carbonyl (C=O) groups excluding carboxylic acids is 1. The number of hydrogen-bond donors (Lipinski definition) is 1. The van der Waals surface area contributed by atoms with E-state index in [-0.39, 0.29) is 11.1 Å². The predicted molar refractivity (Wildman–Crippen MR) is 125 cm³/mol. The molecule has 0 aliphatic carbocycles. The van der Waals surface area contributed by atoms with E-state index in [2.05, 4.69) is 20.3 Å². The Kier molecular flexibility index (Phi) is 6.39. The number of aryl methyl sites for hydroxylation is 1. The van der Waals surface area contributed by atoms with E-state index in [1.165, 1.54) is 16.5 Å². The minimum Gasteiger partial charge on any atom is -0.443 e. The third kappa shape index (κ3) is 5.50. The lowest BCUT2D eigenvalue weighted by molar-refractivity contribution is -0.140. The van der Waals surface area contributed by atoms with Crippen LogP contribution in [0.1, 0.15) is 37.6 Å². The van der Waals surface area contributed by atoms with Crippen molar-refractivity contribution in [2.24, 2.45) is 7.05 Å². The van der Waals surface area contributed by atoms with Gasteiger partial charge in [-0.3, -0.25) is 4.90 Å². The number of aromatic nitrogens is 4. The molecule has 0 unspecified atom stereocenters. The Morgan fingerprint density at radius 3 is 2.43 bits per heavy atom. The number of anilines is 2. The molecule has 1 aromatic carbocycles. The van der Waals surface area contributed by atoms with E-state index >= 15 is 0 Å². The van der Waals surface area contributed by atoms with E-state index < -0.39 is 23.6 Å². The zero-order chi connectivity index (χ0) is 25.5. The number of nitrogens with one attached hydrogen (secondary N) is 1. The van der Waals surface area contributed by atoms with Crippen LogP contribution in [0.5, 0.6) is 0 Å². The van der Waals surface area contributed by atoms with E-state index in [1.807, 2.05) is 0 Å². The molecule has 0 saturated carbocycles. The van der Waals surface area contributed by atoms with Crippen molar-refractivity contribution in [3.63, 3.8) is 0 Å². The Morgan fingerprint density at radius 1 is 1.14 bits per heavy atom. The second-order valence-corrected chi connectivity index (χ2v) is 9.47. The number of hydrogen-bond acceptors (Lipinski definition) is 6. The highest BCUT2D eigenvalue weighted by Crippen LogP contribution is 2.34. The second-order valence-electron chi connectivity index (χ2n) is 9.13. The van der Waals surface area contributed by atoms with Gasteiger partial charge >= 0.3 is 12.3 Å². The van der Waals surface area contributed by atoms with Crippen molar-refractivity contribution >= 4 is 29.3 Å². The average molecular weight is 509 g/mol. The third-order valence-electron chi connectivity index (χ3n) is 5.25. The lowest BCUT2D eigenvalue weighted by Gasteiger charge is -2.24. The minimum absolute atomic E-state index is 0.00712. The summed E-state index contributed by atoms with van der Waals surface area (Å²) in [6.07, 6.45) is -3.51. The molecule has 3 heterocycles. The number of imidazole rings is 1. The molecule has 3 aromatic rings. The van der Waals surface area contributed by atoms with E-state index in [9.17, 15) is 18.0 Å². The number of ether oxygens (including phenoxy) is 1. The van der Waals surface area contributed by atoms with Gasteiger partial charge in [-0.15, -0.1) is 0 Å². The van der Waals surface area contributed by atoms with Gasteiger partial charge in [-0.2, -0.15) is 18.2 Å². The van der Waals surface area contributed by atoms with Gasteiger partial charge in [0.15, 0.2) is 5.69 Å². The van der Waals surface area contributed by atoms with Crippen LogP contribution < -0.4 is 10.2 Å². The number of halogens is 4. The molecule has 1 N–H and O–H groups in total. The topological polar surface area (TPSA) is 85.2 Å². The Labute approximate surface area is 205 Å². The Hall–Kier alpha value is -3.34. The molecule has 0 bridgehead atoms. The fourth-order valence-electron chi connectivity index (χ4n) is 3.70. The molecule has 0 spiro atoms. The fraction of sp³-hybridized carbons (Fsp3) is 0.391. The SMILES string of the molecule is Cn1cc(C(F)(F)F)nc1-c1ccc(CNc2nc(Cl)nc3c2CCN3C(=O)OC(C)(C)C)cc1. The van der Waals surface area contributed by atoms with Crippen molar-refractivity contribution < 1.29 is 22.7 Å². The summed E-state index contributed by atoms with van der Waals surface area (Å²) in [5.41, 5.74) is 0.600. The highest BCUT2D eigenvalue weighted by molar-refractivity contribution is 6.28. The van der Waals surface area contributed by atoms with Crippen LogP contribution in [0.25, 0.3) is 11.4 Å². The molecule has 4 rings (SSSR count). The molecule has 0 atom stereocenters. The molecule has 12 heteroatoms. The van der Waals surface area contributed by atoms with Gasteiger partial charge < -0.3 is 14.6 Å². The highest BCUT2D eigenvalue weighted by Gasteiger charge is 2.35. The molecule has 0 radical (unpaired) electrons. The van der Waals surface area contributed by atoms with Crippen molar-refractivity contribution in [1.82, 2.24) is 19.5 Å². The summed E-state index contributed by atoms with van der Waals surface area (Å²) in [5, 5.41) is 3.21. The highest BCUT2D eigenvalue weighted by atomic mass is 35.5. The van der Waals surface area contributed by atoms with Gasteiger partial charge in [0, 0.05) is 37.5 Å². The van der Waals surface area contributed by atoms with E-state index in [4.69, 9.17) is 16.3 Å². The average Bonchev–Trinajstić information content (AvgIpc) is 3.35. The van der Waals surface area contributed by atoms with Crippen LogP contribution in [-0.4, -0.2) is 37.8 Å². The zero-order valence-corrected chi connectivity index (χ0v) is 20.3. The van der Waals surface area contributed by atoms with Crippen LogP contribution in [0.3, 0.4) is 0 Å². The van der Waals surface area contributed by atoms with Gasteiger partial charge in [-0.25, -0.2) is 14.8 Å². The van der Waals surface area contributed by atoms with Crippen molar-refractivity contribution in [2.75, 3.05) is 16.8 Å². The Morgan fingerprint density at radius 2 is 1.83 bits per heavy atom. The van der Waals surface area contributed by atoms with E-state index in [0.29, 0.717) is 36.7 Å². The zero-order valence-electron chi connectivity index (χ0n) is 19.6. The lowest BCUT2D eigenvalue weighted by Crippen LogP contribution is -2.36. The second kappa shape index (κ2) is 9.03. The van der Waals surface area contributed by atoms with Gasteiger partial charge in [0.1, 0.15) is 23.1 Å². The maximum absolute atomic E-state index is 13.0. The molecule has 1 amide bonds. The van der Waals surface area contributed by atoms with Gasteiger partial charge in [0.05, 0.1) is 0 Å². The monoisotopic (exact) mass is 508 g/mol. The van der Waals surface area contributed by atoms with Gasteiger partial charge in [-0.1, -0.05) is 24.3 Å². The number of alkyl halides is 3. The van der Waals surface area contributed by atoms with Gasteiger partial charge in [-0.05, 0) is 44.4 Å². The summed E-state index contributed by atoms with van der Waals surface area (Å²) in [6.45, 7) is 6.13. The number of carbonyl (C=O) groups is 1. The molecule has 2 aromatic heterocycles. The van der Waals surface area contributed by atoms with E-state index in [0.717, 1.165) is 17.3 Å². The minimum atomic E-state index is -4.50. The number of benzene rings is 1. The van der Waals surface area contributed by atoms with Crippen LogP contribution in [-0.2, 0) is 30.9 Å². The summed E-state index contributed by atoms with van der Waals surface area (Å²) in [5.74, 6) is 1.14. The van der Waals surface area contributed by atoms with Crippen molar-refractivity contribution in [3.05, 3.63) is 52.6 Å². The smallest absolute Gasteiger partial charge is 0.434 e. The normalized spacial score (nSPS) is 13.7. The first-order valence-corrected chi connectivity index (χ1v) is 11.2. The van der Waals surface area contributed by atoms with Crippen LogP contribution >= 0.6 is 11.6 Å².